The lowest BCUT2D eigenvalue weighted by Crippen LogP contribution is -2.44. The fourth-order valence-electron chi connectivity index (χ4n) is 3.70. The number of hydrogen-bond acceptors (Lipinski definition) is 9. The number of amides is 1. The van der Waals surface area contributed by atoms with Gasteiger partial charge in [-0.3, -0.25) is 15.1 Å². The highest BCUT2D eigenvalue weighted by atomic mass is 32.2. The lowest BCUT2D eigenvalue weighted by molar-refractivity contribution is 0.0205. The van der Waals surface area contributed by atoms with E-state index in [0.717, 1.165) is 61.3 Å². The minimum absolute atomic E-state index is 0.0154. The first-order valence-electron chi connectivity index (χ1n) is 9.85. The van der Waals surface area contributed by atoms with Crippen molar-refractivity contribution in [3.8, 4) is 0 Å². The summed E-state index contributed by atoms with van der Waals surface area (Å²) in [5.74, 6) is -0.208. The van der Waals surface area contributed by atoms with Crippen LogP contribution in [-0.4, -0.2) is 64.8 Å². The van der Waals surface area contributed by atoms with Crippen molar-refractivity contribution in [2.45, 2.75) is 41.4 Å². The van der Waals surface area contributed by atoms with Gasteiger partial charge in [0.25, 0.3) is 5.91 Å². The molecular weight excluding hydrogens is 410 g/mol. The molecule has 1 N–H and O–H groups in total. The highest BCUT2D eigenvalue weighted by Gasteiger charge is 2.47. The van der Waals surface area contributed by atoms with E-state index in [9.17, 15) is 4.79 Å². The molecule has 154 valence electrons. The molecule has 0 aromatic carbocycles. The summed E-state index contributed by atoms with van der Waals surface area (Å²) in [7, 11) is 0. The number of rotatable bonds is 5. The summed E-state index contributed by atoms with van der Waals surface area (Å²) in [5.41, 5.74) is 2.34. The van der Waals surface area contributed by atoms with E-state index in [1.165, 1.54) is 11.3 Å². The van der Waals surface area contributed by atoms with E-state index >= 15 is 0 Å². The first-order chi connectivity index (χ1) is 14.1. The monoisotopic (exact) mass is 433 g/mol. The predicted octanol–water partition coefficient (Wildman–Crippen LogP) is 2.74. The molecule has 1 amide bonds. The van der Waals surface area contributed by atoms with Gasteiger partial charge >= 0.3 is 0 Å². The zero-order chi connectivity index (χ0) is 19.8. The maximum atomic E-state index is 13.0. The Kier molecular flexibility index (Phi) is 5.19. The van der Waals surface area contributed by atoms with Crippen LogP contribution in [0.2, 0.25) is 0 Å². The van der Waals surface area contributed by atoms with Crippen LogP contribution in [0.15, 0.2) is 16.6 Å². The Balaban J connectivity index is 1.31. The average Bonchev–Trinajstić information content (AvgIpc) is 3.10. The second-order valence-corrected chi connectivity index (χ2v) is 10.3. The number of thioether (sulfide) groups is 1. The highest BCUT2D eigenvalue weighted by Crippen LogP contribution is 2.43. The lowest BCUT2D eigenvalue weighted by Gasteiger charge is -2.35. The van der Waals surface area contributed by atoms with Crippen LogP contribution in [0.3, 0.4) is 0 Å². The molecule has 1 aliphatic carbocycles. The van der Waals surface area contributed by atoms with Crippen molar-refractivity contribution >= 4 is 39.8 Å². The van der Waals surface area contributed by atoms with Gasteiger partial charge in [0.15, 0.2) is 4.34 Å². The van der Waals surface area contributed by atoms with Crippen LogP contribution in [0.4, 0.5) is 10.8 Å². The molecule has 0 bridgehead atoms. The van der Waals surface area contributed by atoms with Gasteiger partial charge in [0.2, 0.25) is 5.13 Å². The van der Waals surface area contributed by atoms with E-state index in [-0.39, 0.29) is 11.5 Å². The number of ether oxygens (including phenoxy) is 2. The van der Waals surface area contributed by atoms with Gasteiger partial charge in [0.1, 0.15) is 0 Å². The second-order valence-electron chi connectivity index (χ2n) is 7.73. The Labute approximate surface area is 177 Å². The quantitative estimate of drug-likeness (QED) is 0.720. The third kappa shape index (κ3) is 4.25. The summed E-state index contributed by atoms with van der Waals surface area (Å²) in [4.78, 5) is 19.6. The molecular formula is C19H23N5O3S2. The van der Waals surface area contributed by atoms with Crippen LogP contribution >= 0.6 is 23.1 Å². The van der Waals surface area contributed by atoms with Gasteiger partial charge in [-0.25, -0.2) is 0 Å². The van der Waals surface area contributed by atoms with Crippen LogP contribution in [-0.2, 0) is 9.47 Å². The van der Waals surface area contributed by atoms with Crippen molar-refractivity contribution in [3.63, 3.8) is 0 Å². The average molecular weight is 434 g/mol. The highest BCUT2D eigenvalue weighted by molar-refractivity contribution is 8.01. The minimum atomic E-state index is -0.208. The zero-order valence-corrected chi connectivity index (χ0v) is 17.9. The topological polar surface area (TPSA) is 89.5 Å². The maximum absolute atomic E-state index is 13.0. The van der Waals surface area contributed by atoms with Crippen molar-refractivity contribution in [1.29, 1.82) is 0 Å². The van der Waals surface area contributed by atoms with Crippen LogP contribution in [0.1, 0.15) is 35.3 Å². The molecule has 0 radical (unpaired) electrons. The van der Waals surface area contributed by atoms with Crippen molar-refractivity contribution in [2.75, 3.05) is 43.1 Å². The van der Waals surface area contributed by atoms with Crippen molar-refractivity contribution in [2.24, 2.45) is 0 Å². The van der Waals surface area contributed by atoms with Gasteiger partial charge < -0.3 is 14.4 Å². The molecule has 1 atom stereocenters. The molecule has 2 aromatic rings. The first kappa shape index (κ1) is 19.2. The van der Waals surface area contributed by atoms with Crippen LogP contribution in [0.25, 0.3) is 0 Å². The van der Waals surface area contributed by atoms with E-state index in [1.807, 2.05) is 13.0 Å². The molecule has 1 unspecified atom stereocenters. The molecule has 5 rings (SSSR count). The van der Waals surface area contributed by atoms with Gasteiger partial charge in [-0.1, -0.05) is 23.1 Å². The molecule has 1 saturated carbocycles. The number of nitrogens with zero attached hydrogens (tertiary/aromatic N) is 4. The molecule has 8 nitrogen and oxygen atoms in total. The Morgan fingerprint density at radius 2 is 2.28 bits per heavy atom. The fraction of sp³-hybridized carbons (Fsp3) is 0.579. The molecule has 10 heteroatoms. The number of hydrogen-bond donors (Lipinski definition) is 1. The number of aromatic nitrogens is 3. The summed E-state index contributed by atoms with van der Waals surface area (Å²) in [6, 6.07) is 1.98. The van der Waals surface area contributed by atoms with Crippen LogP contribution < -0.4 is 10.2 Å². The molecule has 1 spiro atoms. The molecule has 2 aliphatic heterocycles. The van der Waals surface area contributed by atoms with Crippen molar-refractivity contribution < 1.29 is 14.3 Å². The Morgan fingerprint density at radius 1 is 1.38 bits per heavy atom. The van der Waals surface area contributed by atoms with Gasteiger partial charge in [0, 0.05) is 36.8 Å². The summed E-state index contributed by atoms with van der Waals surface area (Å²) in [6.07, 6.45) is 4.85. The summed E-state index contributed by atoms with van der Waals surface area (Å²) >= 11 is 3.06. The number of anilines is 2. The molecule has 3 fully saturated rings. The normalized spacial score (nSPS) is 22.8. The number of nitrogens with one attached hydrogen (secondary N) is 1. The lowest BCUT2D eigenvalue weighted by atomic mass is 10.1. The zero-order valence-electron chi connectivity index (χ0n) is 16.2. The van der Waals surface area contributed by atoms with Crippen molar-refractivity contribution in [1.82, 2.24) is 15.2 Å². The van der Waals surface area contributed by atoms with Gasteiger partial charge in [0.05, 0.1) is 30.1 Å². The number of aryl methyl sites for hydroxylation is 1. The standard InChI is InChI=1S/C19H23N5O3S2/c1-12-8-15(24-5-7-27-19(11-24)3-4-19)14(9-20-12)16(25)21-17-22-23-18(29-17)28-13-2-6-26-10-13/h8-9,13H,2-7,10-11H2,1H3,(H,21,22,25). The fourth-order valence-corrected chi connectivity index (χ4v) is 5.76. The van der Waals surface area contributed by atoms with E-state index < -0.39 is 0 Å². The van der Waals surface area contributed by atoms with E-state index in [4.69, 9.17) is 9.47 Å². The van der Waals surface area contributed by atoms with Crippen molar-refractivity contribution in [3.05, 3.63) is 23.5 Å². The van der Waals surface area contributed by atoms with Gasteiger partial charge in [-0.05, 0) is 32.3 Å². The molecule has 4 heterocycles. The minimum Gasteiger partial charge on any atom is -0.380 e. The Hall–Kier alpha value is -1.75. The summed E-state index contributed by atoms with van der Waals surface area (Å²) in [6.45, 7) is 5.76. The van der Waals surface area contributed by atoms with E-state index in [0.29, 0.717) is 22.6 Å². The predicted molar refractivity (Wildman–Crippen MR) is 112 cm³/mol. The number of carbonyl (C=O) groups excluding carboxylic acids is 1. The Morgan fingerprint density at radius 3 is 3.07 bits per heavy atom. The number of morpholine rings is 1. The first-order valence-corrected chi connectivity index (χ1v) is 11.5. The second kappa shape index (κ2) is 7.82. The van der Waals surface area contributed by atoms with E-state index in [2.05, 4.69) is 25.4 Å². The van der Waals surface area contributed by atoms with E-state index in [1.54, 1.807) is 18.0 Å². The number of pyridine rings is 1. The third-order valence-corrected chi connectivity index (χ3v) is 7.60. The molecule has 29 heavy (non-hydrogen) atoms. The third-order valence-electron chi connectivity index (χ3n) is 5.44. The smallest absolute Gasteiger partial charge is 0.261 e. The molecule has 2 aromatic heterocycles. The SMILES string of the molecule is Cc1cc(N2CCOC3(CC3)C2)c(C(=O)Nc2nnc(SC3CCOC3)s2)cn1. The van der Waals surface area contributed by atoms with Gasteiger partial charge in [-0.15, -0.1) is 10.2 Å². The maximum Gasteiger partial charge on any atom is 0.261 e. The van der Waals surface area contributed by atoms with Crippen LogP contribution in [0.5, 0.6) is 0 Å². The number of carbonyl (C=O) groups is 1. The van der Waals surface area contributed by atoms with Crippen LogP contribution in [0, 0.1) is 6.92 Å². The summed E-state index contributed by atoms with van der Waals surface area (Å²) in [5, 5.41) is 12.2. The Bertz CT molecular complexity index is 911. The summed E-state index contributed by atoms with van der Waals surface area (Å²) < 4.78 is 12.2. The molecule has 3 aliphatic rings. The molecule has 2 saturated heterocycles. The van der Waals surface area contributed by atoms with Gasteiger partial charge in [-0.2, -0.15) is 0 Å². The largest absolute Gasteiger partial charge is 0.380 e.